The molecule has 1 N–H and O–H groups in total. The molecule has 1 atom stereocenters. The molecule has 1 fully saturated rings. The van der Waals surface area contributed by atoms with Crippen molar-refractivity contribution in [3.05, 3.63) is 48.2 Å². The molecule has 0 aliphatic carbocycles. The fourth-order valence-corrected chi connectivity index (χ4v) is 3.26. The van der Waals surface area contributed by atoms with E-state index in [0.717, 1.165) is 37.7 Å². The van der Waals surface area contributed by atoms with Crippen LogP contribution in [0.5, 0.6) is 17.4 Å². The number of hydrogen-bond acceptors (Lipinski definition) is 5. The molecule has 2 heterocycles. The van der Waals surface area contributed by atoms with Crippen LogP contribution < -0.4 is 14.8 Å². The summed E-state index contributed by atoms with van der Waals surface area (Å²) in [7, 11) is 3.85. The van der Waals surface area contributed by atoms with Crippen molar-refractivity contribution in [3.63, 3.8) is 0 Å². The van der Waals surface area contributed by atoms with E-state index in [0.29, 0.717) is 36.4 Å². The Balaban J connectivity index is 0.00000320. The van der Waals surface area contributed by atoms with Crippen LogP contribution in [0.15, 0.2) is 47.6 Å². The van der Waals surface area contributed by atoms with Gasteiger partial charge in [0.05, 0.1) is 13.2 Å². The van der Waals surface area contributed by atoms with E-state index in [-0.39, 0.29) is 24.0 Å². The van der Waals surface area contributed by atoms with Crippen molar-refractivity contribution in [1.29, 1.82) is 0 Å². The first-order valence-corrected chi connectivity index (χ1v) is 10.0. The molecule has 2 aromatic rings. The van der Waals surface area contributed by atoms with Gasteiger partial charge in [-0.1, -0.05) is 18.2 Å². The lowest BCUT2D eigenvalue weighted by molar-refractivity contribution is 0.181. The highest BCUT2D eigenvalue weighted by molar-refractivity contribution is 14.0. The lowest BCUT2D eigenvalue weighted by atomic mass is 10.1. The highest BCUT2D eigenvalue weighted by Gasteiger charge is 2.19. The number of benzene rings is 1. The minimum atomic E-state index is 0. The third kappa shape index (κ3) is 7.02. The Bertz CT molecular complexity index is 795. The Morgan fingerprint density at radius 2 is 2.07 bits per heavy atom. The number of halogens is 1. The van der Waals surface area contributed by atoms with Gasteiger partial charge in [-0.05, 0) is 31.0 Å². The second-order valence-electron chi connectivity index (χ2n) is 7.00. The molecule has 0 amide bonds. The fraction of sp³-hybridized carbons (Fsp3) is 0.455. The van der Waals surface area contributed by atoms with Crippen LogP contribution >= 0.6 is 24.0 Å². The monoisotopic (exact) mass is 526 g/mol. The molecule has 1 aromatic carbocycles. The van der Waals surface area contributed by atoms with Gasteiger partial charge in [0, 0.05) is 52.0 Å². The molecular weight excluding hydrogens is 495 g/mol. The number of ether oxygens (including phenoxy) is 3. The maximum absolute atomic E-state index is 5.88. The highest BCUT2D eigenvalue weighted by Crippen LogP contribution is 2.30. The molecular formula is C22H31IN4O3. The molecule has 1 aromatic heterocycles. The first-order chi connectivity index (χ1) is 14.2. The molecule has 0 radical (unpaired) electrons. The summed E-state index contributed by atoms with van der Waals surface area (Å²) in [6, 6.07) is 11.5. The van der Waals surface area contributed by atoms with Gasteiger partial charge in [-0.25, -0.2) is 4.98 Å². The first-order valence-electron chi connectivity index (χ1n) is 10.0. The molecule has 0 bridgehead atoms. The summed E-state index contributed by atoms with van der Waals surface area (Å²) < 4.78 is 16.9. The molecule has 1 saturated heterocycles. The van der Waals surface area contributed by atoms with Gasteiger partial charge in [-0.15, -0.1) is 24.0 Å². The Kier molecular flexibility index (Phi) is 10.2. The third-order valence-corrected chi connectivity index (χ3v) is 4.74. The van der Waals surface area contributed by atoms with Crippen LogP contribution in [-0.4, -0.2) is 56.3 Å². The Labute approximate surface area is 195 Å². The molecule has 0 spiro atoms. The minimum absolute atomic E-state index is 0. The zero-order valence-electron chi connectivity index (χ0n) is 17.8. The normalized spacial score (nSPS) is 16.0. The van der Waals surface area contributed by atoms with E-state index in [1.54, 1.807) is 7.05 Å². The maximum atomic E-state index is 5.88. The van der Waals surface area contributed by atoms with Crippen molar-refractivity contribution < 1.29 is 14.2 Å². The van der Waals surface area contributed by atoms with Gasteiger partial charge in [-0.2, -0.15) is 0 Å². The number of nitrogens with zero attached hydrogens (tertiary/aromatic N) is 3. The van der Waals surface area contributed by atoms with Crippen molar-refractivity contribution in [3.8, 4) is 17.4 Å². The van der Waals surface area contributed by atoms with Crippen LogP contribution in [0.1, 0.15) is 18.9 Å². The van der Waals surface area contributed by atoms with Crippen LogP contribution in [0, 0.1) is 5.92 Å². The van der Waals surface area contributed by atoms with E-state index in [4.69, 9.17) is 14.2 Å². The zero-order valence-corrected chi connectivity index (χ0v) is 20.2. The summed E-state index contributed by atoms with van der Waals surface area (Å²) in [5, 5.41) is 3.39. The maximum Gasteiger partial charge on any atom is 0.219 e. The average Bonchev–Trinajstić information content (AvgIpc) is 3.24. The minimum Gasteiger partial charge on any atom is -0.490 e. The lowest BCUT2D eigenvalue weighted by Gasteiger charge is -2.24. The summed E-state index contributed by atoms with van der Waals surface area (Å²) in [5.41, 5.74) is 1.05. The standard InChI is InChI=1S/C22H30N4O3.HI/c1-4-28-19-7-5-6-8-20(19)29-21-10-9-17(13-24-21)14-25-22(23-2)26(3)15-18-11-12-27-16-18;/h5-10,13,18H,4,11-12,14-16H2,1-3H3,(H,23,25);1H. The van der Waals surface area contributed by atoms with Crippen molar-refractivity contribution in [2.75, 3.05) is 40.5 Å². The smallest absolute Gasteiger partial charge is 0.219 e. The Hall–Kier alpha value is -2.07. The molecule has 0 saturated carbocycles. The van der Waals surface area contributed by atoms with Crippen molar-refractivity contribution in [1.82, 2.24) is 15.2 Å². The number of hydrogen-bond donors (Lipinski definition) is 1. The third-order valence-electron chi connectivity index (χ3n) is 4.74. The topological polar surface area (TPSA) is 68.2 Å². The van der Waals surface area contributed by atoms with Crippen LogP contribution in [-0.2, 0) is 11.3 Å². The first kappa shape index (κ1) is 24.2. The molecule has 3 rings (SSSR count). The SMILES string of the molecule is CCOc1ccccc1Oc1ccc(CNC(=NC)N(C)CC2CCOC2)cn1.I. The van der Waals surface area contributed by atoms with Crippen LogP contribution in [0.2, 0.25) is 0 Å². The largest absolute Gasteiger partial charge is 0.490 e. The van der Waals surface area contributed by atoms with Crippen molar-refractivity contribution >= 4 is 29.9 Å². The number of aromatic nitrogens is 1. The molecule has 1 aliphatic heterocycles. The number of guanidine groups is 1. The average molecular weight is 526 g/mol. The summed E-state index contributed by atoms with van der Waals surface area (Å²) >= 11 is 0. The molecule has 7 nitrogen and oxygen atoms in total. The van der Waals surface area contributed by atoms with Gasteiger partial charge >= 0.3 is 0 Å². The van der Waals surface area contributed by atoms with E-state index < -0.39 is 0 Å². The van der Waals surface area contributed by atoms with Crippen LogP contribution in [0.3, 0.4) is 0 Å². The molecule has 8 heteroatoms. The quantitative estimate of drug-likeness (QED) is 0.320. The predicted octanol–water partition coefficient (Wildman–Crippen LogP) is 3.93. The van der Waals surface area contributed by atoms with Gasteiger partial charge in [0.25, 0.3) is 0 Å². The number of pyridine rings is 1. The molecule has 164 valence electrons. The number of nitrogens with one attached hydrogen (secondary N) is 1. The summed E-state index contributed by atoms with van der Waals surface area (Å²) in [6.07, 6.45) is 2.92. The number of aliphatic imine (C=N–C) groups is 1. The van der Waals surface area contributed by atoms with Gasteiger partial charge < -0.3 is 24.4 Å². The molecule has 1 aliphatic rings. The van der Waals surface area contributed by atoms with Crippen LogP contribution in [0.25, 0.3) is 0 Å². The number of para-hydroxylation sites is 2. The van der Waals surface area contributed by atoms with E-state index in [9.17, 15) is 0 Å². The van der Waals surface area contributed by atoms with E-state index in [2.05, 4.69) is 27.2 Å². The van der Waals surface area contributed by atoms with Crippen molar-refractivity contribution in [2.24, 2.45) is 10.9 Å². The fourth-order valence-electron chi connectivity index (χ4n) is 3.26. The predicted molar refractivity (Wildman–Crippen MR) is 129 cm³/mol. The second kappa shape index (κ2) is 12.6. The second-order valence-corrected chi connectivity index (χ2v) is 7.00. The molecule has 1 unspecified atom stereocenters. The van der Waals surface area contributed by atoms with Crippen molar-refractivity contribution in [2.45, 2.75) is 19.9 Å². The van der Waals surface area contributed by atoms with E-state index in [1.165, 1.54) is 0 Å². The van der Waals surface area contributed by atoms with Gasteiger partial charge in [-0.3, -0.25) is 4.99 Å². The van der Waals surface area contributed by atoms with E-state index in [1.807, 2.05) is 49.5 Å². The number of rotatable bonds is 8. The van der Waals surface area contributed by atoms with E-state index >= 15 is 0 Å². The Morgan fingerprint density at radius 1 is 1.27 bits per heavy atom. The van der Waals surface area contributed by atoms with Gasteiger partial charge in [0.15, 0.2) is 17.5 Å². The van der Waals surface area contributed by atoms with Crippen LogP contribution in [0.4, 0.5) is 0 Å². The zero-order chi connectivity index (χ0) is 20.5. The molecule has 30 heavy (non-hydrogen) atoms. The summed E-state index contributed by atoms with van der Waals surface area (Å²) in [6.45, 7) is 5.80. The van der Waals surface area contributed by atoms with Gasteiger partial charge in [0.1, 0.15) is 0 Å². The van der Waals surface area contributed by atoms with Gasteiger partial charge in [0.2, 0.25) is 5.88 Å². The highest BCUT2D eigenvalue weighted by atomic mass is 127. The lowest BCUT2D eigenvalue weighted by Crippen LogP contribution is -2.41. The summed E-state index contributed by atoms with van der Waals surface area (Å²) in [5.74, 6) is 3.33. The Morgan fingerprint density at radius 3 is 2.70 bits per heavy atom. The summed E-state index contributed by atoms with van der Waals surface area (Å²) in [4.78, 5) is 10.9.